The van der Waals surface area contributed by atoms with Gasteiger partial charge in [0.25, 0.3) is 5.09 Å². The van der Waals surface area contributed by atoms with Crippen LogP contribution in [0.15, 0.2) is 0 Å². The van der Waals surface area contributed by atoms with Gasteiger partial charge in [-0.1, -0.05) is 0 Å². The maximum absolute atomic E-state index is 8.36. The first-order chi connectivity index (χ1) is 1.73. The van der Waals surface area contributed by atoms with Gasteiger partial charge < -0.3 is 17.6 Å². The molecule has 5 heteroatoms. The largest absolute Gasteiger partial charge is 1.00 e. The predicted octanol–water partition coefficient (Wildman–Crippen LogP) is -3.23. The Labute approximate surface area is 35.4 Å². The van der Waals surface area contributed by atoms with Gasteiger partial charge in [-0.15, -0.1) is 10.1 Å². The van der Waals surface area contributed by atoms with Crippen molar-refractivity contribution in [3.8, 4) is 0 Å². The number of hydrogen-bond acceptors (Lipinski definition) is 2. The van der Waals surface area contributed by atoms with E-state index in [9.17, 15) is 0 Å². The molecule has 0 aliphatic heterocycles. The molecular weight excluding hydrogens is 97.5 g/mol. The van der Waals surface area contributed by atoms with Crippen LogP contribution in [-0.4, -0.2) is 10.3 Å². The molecule has 0 aliphatic carbocycles. The van der Waals surface area contributed by atoms with Gasteiger partial charge in [0.05, 0.1) is 0 Å². The third-order valence-electron chi connectivity index (χ3n) is 0. The molecule has 0 saturated carbocycles. The van der Waals surface area contributed by atoms with E-state index < -0.39 is 5.09 Å². The third-order valence-corrected chi connectivity index (χ3v) is 0. The number of halogens is 1. The zero-order valence-electron chi connectivity index (χ0n) is 3.09. The molecule has 0 amide bonds. The molecular formula is H2ClNO3. The van der Waals surface area contributed by atoms with Crippen molar-refractivity contribution in [1.29, 1.82) is 0 Å². The third kappa shape index (κ3) is 29.8. The summed E-state index contributed by atoms with van der Waals surface area (Å²) in [6, 6.07) is 0. The van der Waals surface area contributed by atoms with Crippen LogP contribution < -0.4 is 12.4 Å². The summed E-state index contributed by atoms with van der Waals surface area (Å²) in [5, 5.41) is 13.6. The Morgan fingerprint density at radius 1 is 2.00 bits per heavy atom. The molecule has 0 spiro atoms. The lowest BCUT2D eigenvalue weighted by Gasteiger charge is -1.56. The molecule has 32 valence electrons. The Balaban J connectivity index is -0.0000000450. The molecule has 0 aromatic heterocycles. The van der Waals surface area contributed by atoms with E-state index in [4.69, 9.17) is 15.3 Å². The van der Waals surface area contributed by atoms with E-state index >= 15 is 0 Å². The summed E-state index contributed by atoms with van der Waals surface area (Å²) in [6.07, 6.45) is 0. The summed E-state index contributed by atoms with van der Waals surface area (Å²) in [5.41, 5.74) is 0. The van der Waals surface area contributed by atoms with E-state index in [-0.39, 0.29) is 13.8 Å². The van der Waals surface area contributed by atoms with Crippen molar-refractivity contribution in [2.75, 3.05) is 0 Å². The molecule has 0 saturated heterocycles. The molecule has 0 bridgehead atoms. The smallest absolute Gasteiger partial charge is 1.00 e. The summed E-state index contributed by atoms with van der Waals surface area (Å²) < 4.78 is 0. The summed E-state index contributed by atoms with van der Waals surface area (Å²) in [5.74, 6) is 0. The minimum absolute atomic E-state index is 0. The van der Waals surface area contributed by atoms with Crippen molar-refractivity contribution in [2.45, 2.75) is 0 Å². The summed E-state index contributed by atoms with van der Waals surface area (Å²) >= 11 is 0. The SMILES string of the molecule is O=[N+]([O-])O.[Cl-].[H+]. The lowest BCUT2D eigenvalue weighted by atomic mass is 13.1. The van der Waals surface area contributed by atoms with Gasteiger partial charge in [0.15, 0.2) is 0 Å². The first-order valence-electron chi connectivity index (χ1n) is 0.565. The number of rotatable bonds is 0. The van der Waals surface area contributed by atoms with Crippen molar-refractivity contribution in [1.82, 2.24) is 0 Å². The van der Waals surface area contributed by atoms with Gasteiger partial charge in [0.1, 0.15) is 0 Å². The Morgan fingerprint density at radius 2 is 2.00 bits per heavy atom. The highest BCUT2D eigenvalue weighted by Gasteiger charge is 1.65. The average Bonchev–Trinajstić information content (AvgIpc) is 0.811. The number of nitrogens with zero attached hydrogens (tertiary/aromatic N) is 1. The molecule has 5 heavy (non-hydrogen) atoms. The van der Waals surface area contributed by atoms with Crippen molar-refractivity contribution in [3.05, 3.63) is 10.1 Å². The van der Waals surface area contributed by atoms with E-state index in [1.165, 1.54) is 0 Å². The monoisotopic (exact) mass is 99.0 g/mol. The van der Waals surface area contributed by atoms with Crippen LogP contribution in [0.5, 0.6) is 0 Å². The Kier molecular flexibility index (Phi) is 6.16. The molecule has 0 heterocycles. The molecule has 1 N–H and O–H groups in total. The molecule has 0 fully saturated rings. The van der Waals surface area contributed by atoms with E-state index in [0.29, 0.717) is 0 Å². The van der Waals surface area contributed by atoms with Gasteiger partial charge in [-0.25, -0.2) is 0 Å². The van der Waals surface area contributed by atoms with Crippen LogP contribution in [0.3, 0.4) is 0 Å². The van der Waals surface area contributed by atoms with Gasteiger partial charge in [-0.05, 0) is 0 Å². The van der Waals surface area contributed by atoms with Crippen LogP contribution in [0.4, 0.5) is 0 Å². The van der Waals surface area contributed by atoms with E-state index in [1.54, 1.807) is 0 Å². The normalized spacial score (nSPS) is 4.80. The molecule has 0 aliphatic rings. The molecule has 0 rings (SSSR count). The molecule has 0 aromatic rings. The van der Waals surface area contributed by atoms with Crippen molar-refractivity contribution >= 4 is 0 Å². The lowest BCUT2D eigenvalue weighted by molar-refractivity contribution is -0.742. The van der Waals surface area contributed by atoms with Crippen LogP contribution in [0, 0.1) is 10.1 Å². The van der Waals surface area contributed by atoms with Crippen LogP contribution in [0.1, 0.15) is 1.43 Å². The highest BCUT2D eigenvalue weighted by Crippen LogP contribution is 1.38. The topological polar surface area (TPSA) is 63.4 Å². The van der Waals surface area contributed by atoms with Crippen LogP contribution in [0.2, 0.25) is 0 Å². The van der Waals surface area contributed by atoms with Crippen molar-refractivity contribution in [2.24, 2.45) is 0 Å². The fraction of sp³-hybridized carbons (Fsp3) is 0. The molecule has 0 atom stereocenters. The zero-order valence-corrected chi connectivity index (χ0v) is 2.84. The minimum atomic E-state index is -1.50. The van der Waals surface area contributed by atoms with Crippen LogP contribution in [-0.2, 0) is 0 Å². The summed E-state index contributed by atoms with van der Waals surface area (Å²) in [7, 11) is 0. The molecule has 0 radical (unpaired) electrons. The summed E-state index contributed by atoms with van der Waals surface area (Å²) in [6.45, 7) is 0. The highest BCUT2D eigenvalue weighted by atomic mass is 35.5. The van der Waals surface area contributed by atoms with E-state index in [2.05, 4.69) is 0 Å². The lowest BCUT2D eigenvalue weighted by Crippen LogP contribution is -3.00. The average molecular weight is 99.5 g/mol. The molecule has 0 unspecified atom stereocenters. The standard InChI is InChI=1S/ClH.HNO3/c;2-1(3)4/h1H;(H,2,3,4). The van der Waals surface area contributed by atoms with Crippen LogP contribution >= 0.6 is 0 Å². The molecule has 0 aromatic carbocycles. The van der Waals surface area contributed by atoms with Crippen molar-refractivity contribution in [3.63, 3.8) is 0 Å². The quantitative estimate of drug-likeness (QED) is 0.257. The first-order valence-corrected chi connectivity index (χ1v) is 0.565. The van der Waals surface area contributed by atoms with Crippen LogP contribution in [0.25, 0.3) is 0 Å². The van der Waals surface area contributed by atoms with Gasteiger partial charge in [-0.2, -0.15) is 0 Å². The number of hydrogen-bond donors (Lipinski definition) is 1. The maximum atomic E-state index is 8.36. The predicted molar refractivity (Wildman–Crippen MR) is 9.89 cm³/mol. The highest BCUT2D eigenvalue weighted by molar-refractivity contribution is 3.83. The Morgan fingerprint density at radius 3 is 2.00 bits per heavy atom. The van der Waals surface area contributed by atoms with Gasteiger partial charge in [0.2, 0.25) is 0 Å². The van der Waals surface area contributed by atoms with E-state index in [1.807, 2.05) is 0 Å². The Hall–Kier alpha value is -0.510. The van der Waals surface area contributed by atoms with E-state index in [0.717, 1.165) is 0 Å². The fourth-order valence-electron chi connectivity index (χ4n) is 0. The summed E-state index contributed by atoms with van der Waals surface area (Å²) in [4.78, 5) is 8.36. The van der Waals surface area contributed by atoms with Gasteiger partial charge in [-0.3, -0.25) is 0 Å². The first kappa shape index (κ1) is 8.82. The molecule has 4 nitrogen and oxygen atoms in total. The Bertz CT molecular complexity index is 33.8. The second kappa shape index (κ2) is 3.49. The van der Waals surface area contributed by atoms with Gasteiger partial charge in [0, 0.05) is 0 Å². The second-order valence-corrected chi connectivity index (χ2v) is 0.238. The zero-order chi connectivity index (χ0) is 3.58. The second-order valence-electron chi connectivity index (χ2n) is 0.238. The maximum Gasteiger partial charge on any atom is 1.00 e. The van der Waals surface area contributed by atoms with Gasteiger partial charge >= 0.3 is 1.43 Å². The minimum Gasteiger partial charge on any atom is -1.00 e. The fourth-order valence-corrected chi connectivity index (χ4v) is 0. The van der Waals surface area contributed by atoms with Crippen molar-refractivity contribution < 1.29 is 24.1 Å².